The summed E-state index contributed by atoms with van der Waals surface area (Å²) in [7, 11) is 1.75. The zero-order valence-corrected chi connectivity index (χ0v) is 15.4. The summed E-state index contributed by atoms with van der Waals surface area (Å²) >= 11 is 0. The second-order valence-electron chi connectivity index (χ2n) is 8.00. The van der Waals surface area contributed by atoms with Gasteiger partial charge in [-0.3, -0.25) is 9.59 Å². The van der Waals surface area contributed by atoms with Crippen LogP contribution in [-0.4, -0.2) is 57.5 Å². The van der Waals surface area contributed by atoms with Crippen LogP contribution in [0.4, 0.5) is 5.95 Å². The third kappa shape index (κ3) is 2.64. The van der Waals surface area contributed by atoms with Gasteiger partial charge in [0.1, 0.15) is 0 Å². The van der Waals surface area contributed by atoms with Gasteiger partial charge >= 0.3 is 5.97 Å². The van der Waals surface area contributed by atoms with E-state index in [4.69, 9.17) is 4.98 Å². The van der Waals surface area contributed by atoms with Crippen LogP contribution in [0.1, 0.15) is 55.8 Å². The number of carbonyl (C=O) groups is 2. The van der Waals surface area contributed by atoms with Gasteiger partial charge < -0.3 is 14.9 Å². The summed E-state index contributed by atoms with van der Waals surface area (Å²) in [5.74, 6) is -0.242. The molecule has 140 valence electrons. The van der Waals surface area contributed by atoms with Gasteiger partial charge in [-0.25, -0.2) is 9.97 Å². The summed E-state index contributed by atoms with van der Waals surface area (Å²) in [5.41, 5.74) is 1.55. The molecule has 1 N–H and O–H groups in total. The summed E-state index contributed by atoms with van der Waals surface area (Å²) < 4.78 is 0. The molecule has 1 aromatic heterocycles. The molecule has 7 nitrogen and oxygen atoms in total. The minimum absolute atomic E-state index is 0.0649. The Labute approximate surface area is 153 Å². The predicted octanol–water partition coefficient (Wildman–Crippen LogP) is 1.95. The lowest BCUT2D eigenvalue weighted by atomic mass is 9.77. The zero-order valence-electron chi connectivity index (χ0n) is 15.4. The number of rotatable bonds is 3. The predicted molar refractivity (Wildman–Crippen MR) is 96.1 cm³/mol. The standard InChI is InChI=1S/C19H26N4O3/c1-12-10-15(13-4-3-5-13)21-18(20-12)23-8-6-19(7-9-23)14(17(25)26)11-16(24)22(19)2/h10,13-14H,3-9,11H2,1-2H3,(H,25,26)/t14-/m1/s1. The van der Waals surface area contributed by atoms with E-state index in [2.05, 4.69) is 16.0 Å². The first kappa shape index (κ1) is 17.2. The van der Waals surface area contributed by atoms with Crippen molar-refractivity contribution in [1.29, 1.82) is 0 Å². The van der Waals surface area contributed by atoms with Gasteiger partial charge in [0, 0.05) is 43.9 Å². The number of carboxylic acids is 1. The van der Waals surface area contributed by atoms with E-state index < -0.39 is 17.4 Å². The fourth-order valence-electron chi connectivity index (χ4n) is 4.71. The SMILES string of the molecule is Cc1cc(C2CCC2)nc(N2CCC3(CC2)[C@@H](C(=O)O)CC(=O)N3C)n1. The van der Waals surface area contributed by atoms with Crippen LogP contribution in [0.3, 0.4) is 0 Å². The number of piperidine rings is 1. The molecule has 4 rings (SSSR count). The summed E-state index contributed by atoms with van der Waals surface area (Å²) in [5, 5.41) is 9.60. The number of carboxylic acid groups (broad SMARTS) is 1. The molecule has 1 amide bonds. The third-order valence-corrected chi connectivity index (χ3v) is 6.67. The van der Waals surface area contributed by atoms with Gasteiger partial charge in [0.15, 0.2) is 0 Å². The second kappa shape index (κ2) is 6.21. The first-order valence-corrected chi connectivity index (χ1v) is 9.51. The lowest BCUT2D eigenvalue weighted by Crippen LogP contribution is -2.56. The molecule has 2 aliphatic heterocycles. The van der Waals surface area contributed by atoms with Gasteiger partial charge in [0.2, 0.25) is 11.9 Å². The maximum Gasteiger partial charge on any atom is 0.309 e. The van der Waals surface area contributed by atoms with Crippen LogP contribution in [0, 0.1) is 12.8 Å². The van der Waals surface area contributed by atoms with Crippen LogP contribution in [-0.2, 0) is 9.59 Å². The van der Waals surface area contributed by atoms with E-state index in [0.717, 1.165) is 17.3 Å². The third-order valence-electron chi connectivity index (χ3n) is 6.67. The van der Waals surface area contributed by atoms with Gasteiger partial charge in [-0.1, -0.05) is 6.42 Å². The van der Waals surface area contributed by atoms with E-state index in [1.807, 2.05) is 6.92 Å². The molecule has 1 saturated carbocycles. The number of amides is 1. The number of aryl methyl sites for hydroxylation is 1. The first-order chi connectivity index (χ1) is 12.4. The van der Waals surface area contributed by atoms with Crippen molar-refractivity contribution in [3.63, 3.8) is 0 Å². The summed E-state index contributed by atoms with van der Waals surface area (Å²) in [4.78, 5) is 37.1. The average Bonchev–Trinajstić information content (AvgIpc) is 2.79. The largest absolute Gasteiger partial charge is 0.481 e. The monoisotopic (exact) mass is 358 g/mol. The fourth-order valence-corrected chi connectivity index (χ4v) is 4.71. The number of nitrogens with zero attached hydrogens (tertiary/aromatic N) is 4. The molecule has 3 fully saturated rings. The van der Waals surface area contributed by atoms with Crippen molar-refractivity contribution < 1.29 is 14.7 Å². The van der Waals surface area contributed by atoms with Crippen molar-refractivity contribution in [2.24, 2.45) is 5.92 Å². The molecule has 3 aliphatic rings. The van der Waals surface area contributed by atoms with Crippen molar-refractivity contribution >= 4 is 17.8 Å². The Morgan fingerprint density at radius 3 is 2.54 bits per heavy atom. The molecule has 1 atom stereocenters. The highest BCUT2D eigenvalue weighted by Gasteiger charge is 2.55. The van der Waals surface area contributed by atoms with Gasteiger partial charge in [0.05, 0.1) is 11.5 Å². The van der Waals surface area contributed by atoms with Crippen LogP contribution in [0.15, 0.2) is 6.07 Å². The molecular weight excluding hydrogens is 332 g/mol. The van der Waals surface area contributed by atoms with E-state index >= 15 is 0 Å². The number of hydrogen-bond donors (Lipinski definition) is 1. The molecule has 26 heavy (non-hydrogen) atoms. The molecule has 1 aromatic rings. The number of carbonyl (C=O) groups excluding carboxylic acids is 1. The van der Waals surface area contributed by atoms with Crippen molar-refractivity contribution in [3.05, 3.63) is 17.5 Å². The Hall–Kier alpha value is -2.18. The average molecular weight is 358 g/mol. The molecule has 0 radical (unpaired) electrons. The Morgan fingerprint density at radius 2 is 1.96 bits per heavy atom. The summed E-state index contributed by atoms with van der Waals surface area (Å²) in [6, 6.07) is 2.09. The lowest BCUT2D eigenvalue weighted by molar-refractivity contribution is -0.145. The van der Waals surface area contributed by atoms with Gasteiger partial charge in [0.25, 0.3) is 0 Å². The first-order valence-electron chi connectivity index (χ1n) is 9.51. The van der Waals surface area contributed by atoms with E-state index in [0.29, 0.717) is 31.8 Å². The van der Waals surface area contributed by atoms with E-state index in [-0.39, 0.29) is 12.3 Å². The Morgan fingerprint density at radius 1 is 1.27 bits per heavy atom. The van der Waals surface area contributed by atoms with E-state index in [1.54, 1.807) is 11.9 Å². The van der Waals surface area contributed by atoms with Crippen LogP contribution in [0.25, 0.3) is 0 Å². The Kier molecular flexibility index (Phi) is 4.12. The van der Waals surface area contributed by atoms with Crippen molar-refractivity contribution in [1.82, 2.24) is 14.9 Å². The Balaban J connectivity index is 1.54. The van der Waals surface area contributed by atoms with Gasteiger partial charge in [-0.2, -0.15) is 0 Å². The quantitative estimate of drug-likeness (QED) is 0.889. The van der Waals surface area contributed by atoms with Crippen molar-refractivity contribution in [2.45, 2.75) is 56.9 Å². The highest BCUT2D eigenvalue weighted by Crippen LogP contribution is 2.43. The van der Waals surface area contributed by atoms with Gasteiger partial charge in [-0.15, -0.1) is 0 Å². The summed E-state index contributed by atoms with van der Waals surface area (Å²) in [6.07, 6.45) is 5.06. The van der Waals surface area contributed by atoms with E-state index in [9.17, 15) is 14.7 Å². The van der Waals surface area contributed by atoms with Crippen LogP contribution in [0.2, 0.25) is 0 Å². The molecular formula is C19H26N4O3. The minimum atomic E-state index is -0.866. The van der Waals surface area contributed by atoms with E-state index in [1.165, 1.54) is 19.3 Å². The van der Waals surface area contributed by atoms with Crippen LogP contribution in [0.5, 0.6) is 0 Å². The molecule has 3 heterocycles. The van der Waals surface area contributed by atoms with Crippen LogP contribution >= 0.6 is 0 Å². The number of likely N-dealkylation sites (tertiary alicyclic amines) is 1. The highest BCUT2D eigenvalue weighted by molar-refractivity contribution is 5.88. The fraction of sp³-hybridized carbons (Fsp3) is 0.684. The smallest absolute Gasteiger partial charge is 0.309 e. The molecule has 0 aromatic carbocycles. The molecule has 0 unspecified atom stereocenters. The highest BCUT2D eigenvalue weighted by atomic mass is 16.4. The van der Waals surface area contributed by atoms with Crippen molar-refractivity contribution in [3.8, 4) is 0 Å². The number of hydrogen-bond acceptors (Lipinski definition) is 5. The molecule has 0 bridgehead atoms. The Bertz CT molecular complexity index is 738. The maximum absolute atomic E-state index is 12.1. The molecule has 1 spiro atoms. The van der Waals surface area contributed by atoms with Crippen molar-refractivity contribution in [2.75, 3.05) is 25.0 Å². The summed E-state index contributed by atoms with van der Waals surface area (Å²) in [6.45, 7) is 3.35. The number of anilines is 1. The molecule has 7 heteroatoms. The van der Waals surface area contributed by atoms with Gasteiger partial charge in [-0.05, 0) is 38.7 Å². The number of aliphatic carboxylic acids is 1. The molecule has 2 saturated heterocycles. The minimum Gasteiger partial charge on any atom is -0.481 e. The van der Waals surface area contributed by atoms with Crippen LogP contribution < -0.4 is 4.90 Å². The normalized spacial score (nSPS) is 25.6. The topological polar surface area (TPSA) is 86.6 Å². The molecule has 1 aliphatic carbocycles. The number of aromatic nitrogens is 2. The lowest BCUT2D eigenvalue weighted by Gasteiger charge is -2.45. The maximum atomic E-state index is 12.1. The second-order valence-corrected chi connectivity index (χ2v) is 8.00. The zero-order chi connectivity index (χ0) is 18.5.